The van der Waals surface area contributed by atoms with E-state index in [0.29, 0.717) is 5.02 Å². The highest BCUT2D eigenvalue weighted by atomic mass is 35.5. The fraction of sp³-hybridized carbons (Fsp3) is 0.700. The molecular formula is C10H17ClN4. The summed E-state index contributed by atoms with van der Waals surface area (Å²) < 4.78 is 1.91. The summed E-state index contributed by atoms with van der Waals surface area (Å²) >= 11 is 6.15. The molecule has 0 spiro atoms. The smallest absolute Gasteiger partial charge is 0.0834 e. The van der Waals surface area contributed by atoms with Crippen molar-refractivity contribution in [1.82, 2.24) is 15.2 Å². The molecule has 0 radical (unpaired) electrons. The molecule has 4 nitrogen and oxygen atoms in total. The lowest BCUT2D eigenvalue weighted by Gasteiger charge is -2.23. The number of nitrogens with two attached hydrogens (primary N) is 1. The zero-order valence-corrected chi connectivity index (χ0v) is 9.88. The van der Waals surface area contributed by atoms with E-state index in [1.807, 2.05) is 4.68 Å². The second-order valence-corrected chi connectivity index (χ2v) is 4.85. The number of hydrogen-bond donors (Lipinski definition) is 2. The van der Waals surface area contributed by atoms with Crippen molar-refractivity contribution in [1.29, 1.82) is 0 Å². The largest absolute Gasteiger partial charge is 0.271 e. The first kappa shape index (κ1) is 10.9. The van der Waals surface area contributed by atoms with Gasteiger partial charge in [0.05, 0.1) is 23.0 Å². The van der Waals surface area contributed by atoms with Crippen molar-refractivity contribution in [2.45, 2.75) is 39.3 Å². The fourth-order valence-corrected chi connectivity index (χ4v) is 2.26. The van der Waals surface area contributed by atoms with Crippen molar-refractivity contribution in [3.63, 3.8) is 0 Å². The summed E-state index contributed by atoms with van der Waals surface area (Å²) in [5.74, 6) is 5.63. The van der Waals surface area contributed by atoms with Gasteiger partial charge in [-0.1, -0.05) is 18.5 Å². The van der Waals surface area contributed by atoms with Gasteiger partial charge in [0.15, 0.2) is 0 Å². The Balaban J connectivity index is 2.37. The maximum absolute atomic E-state index is 6.15. The van der Waals surface area contributed by atoms with Gasteiger partial charge >= 0.3 is 0 Å². The number of nitrogens with zero attached hydrogens (tertiary/aromatic N) is 2. The molecule has 3 N–H and O–H groups in total. The number of hydrazine groups is 1. The van der Waals surface area contributed by atoms with Gasteiger partial charge in [-0.15, -0.1) is 0 Å². The number of rotatable bonds is 4. The van der Waals surface area contributed by atoms with Gasteiger partial charge in [0, 0.05) is 6.54 Å². The molecule has 1 aliphatic carbocycles. The molecule has 0 aromatic carbocycles. The minimum Gasteiger partial charge on any atom is -0.271 e. The second-order valence-electron chi connectivity index (χ2n) is 4.45. The first-order valence-electron chi connectivity index (χ1n) is 5.29. The summed E-state index contributed by atoms with van der Waals surface area (Å²) in [7, 11) is 0. The molecule has 0 aliphatic heterocycles. The topological polar surface area (TPSA) is 55.9 Å². The van der Waals surface area contributed by atoms with Crippen LogP contribution in [0.2, 0.25) is 5.02 Å². The van der Waals surface area contributed by atoms with Crippen molar-refractivity contribution >= 4 is 11.6 Å². The van der Waals surface area contributed by atoms with Crippen LogP contribution in [-0.2, 0) is 6.54 Å². The molecule has 1 unspecified atom stereocenters. The minimum atomic E-state index is 0.104. The summed E-state index contributed by atoms with van der Waals surface area (Å²) in [5, 5.41) is 4.94. The van der Waals surface area contributed by atoms with Crippen LogP contribution in [0.3, 0.4) is 0 Å². The Bertz CT molecular complexity index is 356. The lowest BCUT2D eigenvalue weighted by Crippen LogP contribution is -2.35. The SMILES string of the molecule is CCn1ncc(Cl)c1C(NN)C1(C)CC1. The predicted molar refractivity (Wildman–Crippen MR) is 60.3 cm³/mol. The Morgan fingerprint density at radius 2 is 2.40 bits per heavy atom. The Kier molecular flexibility index (Phi) is 2.75. The zero-order valence-electron chi connectivity index (χ0n) is 9.13. The van der Waals surface area contributed by atoms with Gasteiger partial charge in [0.2, 0.25) is 0 Å². The van der Waals surface area contributed by atoms with Crippen LogP contribution < -0.4 is 11.3 Å². The van der Waals surface area contributed by atoms with Crippen LogP contribution in [0.4, 0.5) is 0 Å². The fourth-order valence-electron chi connectivity index (χ4n) is 2.01. The number of hydrogen-bond acceptors (Lipinski definition) is 3. The van der Waals surface area contributed by atoms with E-state index in [0.717, 1.165) is 12.2 Å². The molecular weight excluding hydrogens is 212 g/mol. The third kappa shape index (κ3) is 1.77. The normalized spacial score (nSPS) is 20.3. The molecule has 0 bridgehead atoms. The van der Waals surface area contributed by atoms with Gasteiger partial charge in [-0.2, -0.15) is 5.10 Å². The molecule has 0 saturated heterocycles. The Morgan fingerprint density at radius 1 is 1.73 bits per heavy atom. The third-order valence-corrected chi connectivity index (χ3v) is 3.60. The van der Waals surface area contributed by atoms with Crippen molar-refractivity contribution in [2.24, 2.45) is 11.3 Å². The highest BCUT2D eigenvalue weighted by Crippen LogP contribution is 2.54. The first-order valence-corrected chi connectivity index (χ1v) is 5.67. The van der Waals surface area contributed by atoms with Gasteiger partial charge in [-0.05, 0) is 25.2 Å². The van der Waals surface area contributed by atoms with E-state index in [4.69, 9.17) is 17.4 Å². The van der Waals surface area contributed by atoms with E-state index in [9.17, 15) is 0 Å². The van der Waals surface area contributed by atoms with Gasteiger partial charge in [-0.3, -0.25) is 16.0 Å². The van der Waals surface area contributed by atoms with Gasteiger partial charge < -0.3 is 0 Å². The van der Waals surface area contributed by atoms with Crippen molar-refractivity contribution < 1.29 is 0 Å². The van der Waals surface area contributed by atoms with Crippen LogP contribution in [0.15, 0.2) is 6.20 Å². The molecule has 5 heteroatoms. The quantitative estimate of drug-likeness (QED) is 0.611. The molecule has 1 atom stereocenters. The van der Waals surface area contributed by atoms with Crippen LogP contribution in [0.1, 0.15) is 38.4 Å². The molecule has 84 valence electrons. The summed E-state index contributed by atoms with van der Waals surface area (Å²) in [5.41, 5.74) is 4.13. The van der Waals surface area contributed by atoms with Crippen LogP contribution in [0.5, 0.6) is 0 Å². The number of nitrogens with one attached hydrogen (secondary N) is 1. The molecule has 1 aliphatic rings. The lowest BCUT2D eigenvalue weighted by molar-refractivity contribution is 0.349. The van der Waals surface area contributed by atoms with Crippen LogP contribution in [0.25, 0.3) is 0 Å². The van der Waals surface area contributed by atoms with E-state index in [1.54, 1.807) is 6.20 Å². The maximum atomic E-state index is 6.15. The average molecular weight is 229 g/mol. The van der Waals surface area contributed by atoms with E-state index in [1.165, 1.54) is 12.8 Å². The first-order chi connectivity index (χ1) is 7.12. The van der Waals surface area contributed by atoms with E-state index in [2.05, 4.69) is 24.4 Å². The van der Waals surface area contributed by atoms with E-state index < -0.39 is 0 Å². The maximum Gasteiger partial charge on any atom is 0.0834 e. The van der Waals surface area contributed by atoms with Crippen LogP contribution in [-0.4, -0.2) is 9.78 Å². The molecule has 1 heterocycles. The highest BCUT2D eigenvalue weighted by Gasteiger charge is 2.47. The molecule has 0 amide bonds. The van der Waals surface area contributed by atoms with Gasteiger partial charge in [0.25, 0.3) is 0 Å². The predicted octanol–water partition coefficient (Wildman–Crippen LogP) is 1.86. The Labute approximate surface area is 94.8 Å². The molecule has 15 heavy (non-hydrogen) atoms. The standard InChI is InChI=1S/C10H17ClN4/c1-3-15-8(7(11)6-13-15)9(14-12)10(2)4-5-10/h6,9,14H,3-5,12H2,1-2H3. The number of halogens is 1. The summed E-state index contributed by atoms with van der Waals surface area (Å²) in [6.45, 7) is 5.09. The summed E-state index contributed by atoms with van der Waals surface area (Å²) in [6, 6.07) is 0.104. The molecule has 1 saturated carbocycles. The highest BCUT2D eigenvalue weighted by molar-refractivity contribution is 6.31. The second kappa shape index (κ2) is 3.77. The molecule has 2 rings (SSSR count). The van der Waals surface area contributed by atoms with E-state index in [-0.39, 0.29) is 11.5 Å². The molecule has 1 aromatic heterocycles. The van der Waals surface area contributed by atoms with Crippen LogP contribution in [0, 0.1) is 5.41 Å². The van der Waals surface area contributed by atoms with Crippen molar-refractivity contribution in [2.75, 3.05) is 0 Å². The zero-order chi connectivity index (χ0) is 11.1. The number of aromatic nitrogens is 2. The third-order valence-electron chi connectivity index (χ3n) is 3.31. The Hall–Kier alpha value is -0.580. The lowest BCUT2D eigenvalue weighted by atomic mass is 9.96. The van der Waals surface area contributed by atoms with E-state index >= 15 is 0 Å². The average Bonchev–Trinajstić information content (AvgIpc) is 2.85. The monoisotopic (exact) mass is 228 g/mol. The Morgan fingerprint density at radius 3 is 2.87 bits per heavy atom. The number of aryl methyl sites for hydroxylation is 1. The van der Waals surface area contributed by atoms with Crippen molar-refractivity contribution in [3.05, 3.63) is 16.9 Å². The summed E-state index contributed by atoms with van der Waals surface area (Å²) in [4.78, 5) is 0. The van der Waals surface area contributed by atoms with Crippen molar-refractivity contribution in [3.8, 4) is 0 Å². The molecule has 1 fully saturated rings. The molecule has 1 aromatic rings. The van der Waals surface area contributed by atoms with Gasteiger partial charge in [0.1, 0.15) is 0 Å². The van der Waals surface area contributed by atoms with Crippen LogP contribution >= 0.6 is 11.6 Å². The van der Waals surface area contributed by atoms with Gasteiger partial charge in [-0.25, -0.2) is 0 Å². The summed E-state index contributed by atoms with van der Waals surface area (Å²) in [6.07, 6.45) is 4.07. The minimum absolute atomic E-state index is 0.104.